The molecule has 5 rings (SSSR count). The van der Waals surface area contributed by atoms with Crippen LogP contribution in [0.5, 0.6) is 0 Å². The number of fused-ring (bicyclic) bond motifs is 7. The lowest BCUT2D eigenvalue weighted by atomic mass is 9.79. The summed E-state index contributed by atoms with van der Waals surface area (Å²) in [5.74, 6) is -1.63. The Balaban J connectivity index is 1.74. The monoisotopic (exact) mass is 431 g/mol. The van der Waals surface area contributed by atoms with Gasteiger partial charge in [0.25, 0.3) is 0 Å². The van der Waals surface area contributed by atoms with Crippen molar-refractivity contribution < 1.29 is 14.4 Å². The van der Waals surface area contributed by atoms with Crippen molar-refractivity contribution in [2.45, 2.75) is 59.2 Å². The Hall–Kier alpha value is -3.02. The predicted molar refractivity (Wildman–Crippen MR) is 124 cm³/mol. The first-order valence-corrected chi connectivity index (χ1v) is 11.4. The van der Waals surface area contributed by atoms with Crippen molar-refractivity contribution in [2.75, 3.05) is 4.90 Å². The molecule has 0 bridgehead atoms. The Labute approximate surface area is 188 Å². The van der Waals surface area contributed by atoms with Crippen LogP contribution in [0.15, 0.2) is 36.5 Å². The normalized spacial score (nSPS) is 27.5. The van der Waals surface area contributed by atoms with Crippen LogP contribution in [-0.2, 0) is 14.4 Å². The van der Waals surface area contributed by atoms with Gasteiger partial charge < -0.3 is 4.90 Å². The van der Waals surface area contributed by atoms with E-state index in [4.69, 9.17) is 0 Å². The van der Waals surface area contributed by atoms with Crippen LogP contribution in [-0.4, -0.2) is 45.6 Å². The zero-order valence-electron chi connectivity index (χ0n) is 19.2. The molecule has 0 aliphatic carbocycles. The number of likely N-dealkylation sites (tertiary alicyclic amines) is 1. The summed E-state index contributed by atoms with van der Waals surface area (Å²) in [6, 6.07) is 6.70. The molecule has 166 valence electrons. The fourth-order valence-electron chi connectivity index (χ4n) is 5.56. The number of carbonyl (C=O) groups is 3. The highest BCUT2D eigenvalue weighted by atomic mass is 16.2. The number of pyridine rings is 1. The molecule has 32 heavy (non-hydrogen) atoms. The number of nitrogens with zero attached hydrogens (tertiary/aromatic N) is 3. The minimum Gasteiger partial charge on any atom is -0.351 e. The van der Waals surface area contributed by atoms with Gasteiger partial charge in [-0.25, -0.2) is 0 Å². The van der Waals surface area contributed by atoms with E-state index in [1.807, 2.05) is 75.9 Å². The zero-order valence-corrected chi connectivity index (χ0v) is 19.2. The maximum absolute atomic E-state index is 13.8. The first-order valence-electron chi connectivity index (χ1n) is 11.4. The van der Waals surface area contributed by atoms with E-state index >= 15 is 0 Å². The number of amides is 2. The van der Waals surface area contributed by atoms with Crippen molar-refractivity contribution in [3.63, 3.8) is 0 Å². The van der Waals surface area contributed by atoms with E-state index in [1.165, 1.54) is 4.90 Å². The maximum atomic E-state index is 13.8. The summed E-state index contributed by atoms with van der Waals surface area (Å²) in [5.41, 5.74) is 1.95. The van der Waals surface area contributed by atoms with Gasteiger partial charge in [0.1, 0.15) is 6.04 Å². The molecule has 2 amide bonds. The molecular formula is C26H29N3O3. The number of carbonyl (C=O) groups excluding carboxylic acids is 3. The number of imide groups is 1. The van der Waals surface area contributed by atoms with E-state index in [9.17, 15) is 14.4 Å². The minimum atomic E-state index is -0.702. The lowest BCUT2D eigenvalue weighted by molar-refractivity contribution is -0.144. The predicted octanol–water partition coefficient (Wildman–Crippen LogP) is 3.83. The van der Waals surface area contributed by atoms with Crippen molar-refractivity contribution in [3.8, 4) is 0 Å². The van der Waals surface area contributed by atoms with Gasteiger partial charge in [0.2, 0.25) is 11.8 Å². The van der Waals surface area contributed by atoms with E-state index in [0.717, 1.165) is 22.2 Å². The molecule has 0 unspecified atom stereocenters. The number of hydrogen-bond acceptors (Lipinski definition) is 5. The molecule has 0 N–H and O–H groups in total. The summed E-state index contributed by atoms with van der Waals surface area (Å²) in [7, 11) is 0. The number of rotatable bonds is 3. The second kappa shape index (κ2) is 6.99. The van der Waals surface area contributed by atoms with Gasteiger partial charge in [-0.15, -0.1) is 0 Å². The summed E-state index contributed by atoms with van der Waals surface area (Å²) < 4.78 is 0. The van der Waals surface area contributed by atoms with E-state index in [-0.39, 0.29) is 29.7 Å². The van der Waals surface area contributed by atoms with E-state index in [2.05, 4.69) is 4.98 Å². The van der Waals surface area contributed by atoms with Crippen molar-refractivity contribution in [1.29, 1.82) is 0 Å². The van der Waals surface area contributed by atoms with Gasteiger partial charge in [-0.05, 0) is 25.0 Å². The highest BCUT2D eigenvalue weighted by Gasteiger charge is 2.65. The average molecular weight is 432 g/mol. The first-order chi connectivity index (χ1) is 15.2. The lowest BCUT2D eigenvalue weighted by Crippen LogP contribution is -2.52. The fraction of sp³-hybridized carbons (Fsp3) is 0.462. The van der Waals surface area contributed by atoms with Gasteiger partial charge in [-0.1, -0.05) is 58.0 Å². The van der Waals surface area contributed by atoms with Gasteiger partial charge in [-0.2, -0.15) is 0 Å². The van der Waals surface area contributed by atoms with E-state index in [1.54, 1.807) is 6.20 Å². The maximum Gasteiger partial charge on any atom is 0.235 e. The molecule has 0 saturated carbocycles. The van der Waals surface area contributed by atoms with Gasteiger partial charge in [0.05, 0.1) is 29.1 Å². The molecule has 6 nitrogen and oxygen atoms in total. The number of aromatic nitrogens is 1. The Morgan fingerprint density at radius 1 is 1.12 bits per heavy atom. The summed E-state index contributed by atoms with van der Waals surface area (Å²) in [6.45, 7) is 9.52. The van der Waals surface area contributed by atoms with Crippen molar-refractivity contribution in [2.24, 2.45) is 17.3 Å². The lowest BCUT2D eigenvalue weighted by Gasteiger charge is -2.39. The van der Waals surface area contributed by atoms with Crippen LogP contribution < -0.4 is 4.90 Å². The SMILES string of the molecule is CC[C@H](C)N1C(=O)[C@@H]2[C@@H](C1=O)[C@@H]1C=Cc3ccc4cccnc4c3N1[C@@H]2C(=O)C(C)(C)C. The van der Waals surface area contributed by atoms with E-state index < -0.39 is 23.3 Å². The molecule has 2 saturated heterocycles. The Morgan fingerprint density at radius 3 is 2.53 bits per heavy atom. The molecular weight excluding hydrogens is 402 g/mol. The van der Waals surface area contributed by atoms with Crippen molar-refractivity contribution in [3.05, 3.63) is 42.1 Å². The Bertz CT molecular complexity index is 1180. The molecule has 5 atom stereocenters. The summed E-state index contributed by atoms with van der Waals surface area (Å²) >= 11 is 0. The smallest absolute Gasteiger partial charge is 0.235 e. The van der Waals surface area contributed by atoms with E-state index in [0.29, 0.717) is 6.42 Å². The first kappa shape index (κ1) is 20.9. The molecule has 0 radical (unpaired) electrons. The fourth-order valence-corrected chi connectivity index (χ4v) is 5.56. The number of hydrogen-bond donors (Lipinski definition) is 0. The molecule has 3 aliphatic rings. The quantitative estimate of drug-likeness (QED) is 0.691. The van der Waals surface area contributed by atoms with Crippen LogP contribution in [0.1, 0.15) is 46.6 Å². The molecule has 1 aromatic heterocycles. The summed E-state index contributed by atoms with van der Waals surface area (Å²) in [6.07, 6.45) is 6.44. The zero-order chi connectivity index (χ0) is 22.9. The summed E-state index contributed by atoms with van der Waals surface area (Å²) in [5, 5.41) is 0.971. The third kappa shape index (κ3) is 2.71. The van der Waals surface area contributed by atoms with Crippen LogP contribution >= 0.6 is 0 Å². The molecule has 4 heterocycles. The number of anilines is 1. The molecule has 2 fully saturated rings. The van der Waals surface area contributed by atoms with Crippen LogP contribution in [0.3, 0.4) is 0 Å². The van der Waals surface area contributed by atoms with Gasteiger partial charge in [0, 0.05) is 23.0 Å². The molecule has 3 aliphatic heterocycles. The molecule has 0 spiro atoms. The number of benzene rings is 1. The highest BCUT2D eigenvalue weighted by Crippen LogP contribution is 2.51. The molecule has 1 aromatic carbocycles. The Kier molecular flexibility index (Phi) is 4.56. The highest BCUT2D eigenvalue weighted by molar-refractivity contribution is 6.13. The van der Waals surface area contributed by atoms with Gasteiger partial charge in [-0.3, -0.25) is 24.3 Å². The topological polar surface area (TPSA) is 70.6 Å². The second-order valence-corrected chi connectivity index (χ2v) is 10.2. The van der Waals surface area contributed by atoms with Crippen LogP contribution in [0.4, 0.5) is 5.69 Å². The number of Topliss-reactive ketones (excluding diaryl/α,β-unsaturated/α-hetero) is 1. The second-order valence-electron chi connectivity index (χ2n) is 10.2. The third-order valence-corrected chi connectivity index (χ3v) is 7.31. The van der Waals surface area contributed by atoms with Crippen LogP contribution in [0.25, 0.3) is 17.0 Å². The molecule has 6 heteroatoms. The van der Waals surface area contributed by atoms with Gasteiger partial charge in [0.15, 0.2) is 5.78 Å². The third-order valence-electron chi connectivity index (χ3n) is 7.31. The minimum absolute atomic E-state index is 0.0173. The van der Waals surface area contributed by atoms with Crippen molar-refractivity contribution >= 4 is 40.3 Å². The van der Waals surface area contributed by atoms with Crippen LogP contribution in [0.2, 0.25) is 0 Å². The van der Waals surface area contributed by atoms with Crippen molar-refractivity contribution in [1.82, 2.24) is 9.88 Å². The standard InChI is InChI=1S/C26H29N3O3/c1-6-14(2)28-24(31)18-17-12-11-16-10-9-15-8-7-13-27-20(15)21(16)29(17)22(19(18)25(28)32)23(30)26(3,4)5/h7-14,17-19,22H,6H2,1-5H3/t14-,17-,18-,19+,22-/m0/s1. The van der Waals surface area contributed by atoms with Crippen LogP contribution in [0, 0.1) is 17.3 Å². The molecule has 2 aromatic rings. The largest absolute Gasteiger partial charge is 0.351 e. The van der Waals surface area contributed by atoms with Gasteiger partial charge >= 0.3 is 0 Å². The number of ketones is 1. The average Bonchev–Trinajstić information content (AvgIpc) is 3.24. The summed E-state index contributed by atoms with van der Waals surface area (Å²) in [4.78, 5) is 49.1. The Morgan fingerprint density at radius 2 is 1.84 bits per heavy atom.